The Morgan fingerprint density at radius 2 is 2.09 bits per heavy atom. The minimum Gasteiger partial charge on any atom is -0.497 e. The molecule has 0 aromatic heterocycles. The molecule has 23 heavy (non-hydrogen) atoms. The largest absolute Gasteiger partial charge is 0.497 e. The van der Waals surface area contributed by atoms with E-state index in [0.29, 0.717) is 19.1 Å². The van der Waals surface area contributed by atoms with Gasteiger partial charge in [0.2, 0.25) is 5.91 Å². The highest BCUT2D eigenvalue weighted by molar-refractivity contribution is 5.78. The van der Waals surface area contributed by atoms with Gasteiger partial charge in [-0.1, -0.05) is 26.0 Å². The van der Waals surface area contributed by atoms with Crippen LogP contribution in [0.1, 0.15) is 32.4 Å². The van der Waals surface area contributed by atoms with Gasteiger partial charge in [0, 0.05) is 13.1 Å². The first-order valence-corrected chi connectivity index (χ1v) is 8.27. The highest BCUT2D eigenvalue weighted by Crippen LogP contribution is 2.23. The van der Waals surface area contributed by atoms with Gasteiger partial charge in [0.15, 0.2) is 0 Å². The van der Waals surface area contributed by atoms with E-state index in [2.05, 4.69) is 24.1 Å². The van der Waals surface area contributed by atoms with E-state index in [9.17, 15) is 4.79 Å². The minimum absolute atomic E-state index is 0.00636. The van der Waals surface area contributed by atoms with Gasteiger partial charge in [-0.2, -0.15) is 0 Å². The third-order valence-electron chi connectivity index (χ3n) is 4.15. The van der Waals surface area contributed by atoms with E-state index < -0.39 is 0 Å². The molecule has 128 valence electrons. The molecule has 0 saturated carbocycles. The molecule has 0 radical (unpaired) electrons. The van der Waals surface area contributed by atoms with Crippen LogP contribution in [0.25, 0.3) is 0 Å². The van der Waals surface area contributed by atoms with Crippen molar-refractivity contribution in [3.8, 4) is 5.75 Å². The number of nitrogens with one attached hydrogen (secondary N) is 1. The van der Waals surface area contributed by atoms with Crippen molar-refractivity contribution in [3.63, 3.8) is 0 Å². The Morgan fingerprint density at radius 1 is 1.39 bits per heavy atom. The molecule has 1 saturated heterocycles. The predicted octanol–water partition coefficient (Wildman–Crippen LogP) is 2.23. The Balaban J connectivity index is 1.96. The molecule has 2 atom stereocenters. The van der Waals surface area contributed by atoms with Crippen molar-refractivity contribution in [2.75, 3.05) is 33.4 Å². The van der Waals surface area contributed by atoms with E-state index in [4.69, 9.17) is 9.47 Å². The van der Waals surface area contributed by atoms with Crippen LogP contribution in [0.2, 0.25) is 0 Å². The summed E-state index contributed by atoms with van der Waals surface area (Å²) < 4.78 is 10.7. The van der Waals surface area contributed by atoms with E-state index in [0.717, 1.165) is 24.4 Å². The Bertz CT molecular complexity index is 501. The van der Waals surface area contributed by atoms with E-state index in [1.807, 2.05) is 31.2 Å². The summed E-state index contributed by atoms with van der Waals surface area (Å²) in [5.41, 5.74) is 1.10. The summed E-state index contributed by atoms with van der Waals surface area (Å²) in [6.07, 6.45) is 0.194. The van der Waals surface area contributed by atoms with Crippen LogP contribution in [0.4, 0.5) is 0 Å². The monoisotopic (exact) mass is 320 g/mol. The normalized spacial score (nSPS) is 20.3. The molecule has 5 heteroatoms. The molecule has 1 N–H and O–H groups in total. The number of ether oxygens (including phenoxy) is 2. The fourth-order valence-corrected chi connectivity index (χ4v) is 2.90. The summed E-state index contributed by atoms with van der Waals surface area (Å²) in [6.45, 7) is 9.01. The number of carbonyl (C=O) groups excluding carboxylic acids is 1. The van der Waals surface area contributed by atoms with E-state index >= 15 is 0 Å². The van der Waals surface area contributed by atoms with Gasteiger partial charge in [0.25, 0.3) is 0 Å². The maximum atomic E-state index is 12.4. The summed E-state index contributed by atoms with van der Waals surface area (Å²) in [6, 6.07) is 7.90. The van der Waals surface area contributed by atoms with Crippen molar-refractivity contribution >= 4 is 5.91 Å². The quantitative estimate of drug-likeness (QED) is 0.873. The number of carbonyl (C=O) groups is 1. The number of nitrogens with zero attached hydrogens (tertiary/aromatic N) is 1. The predicted molar refractivity (Wildman–Crippen MR) is 90.6 cm³/mol. The number of hydrogen-bond acceptors (Lipinski definition) is 4. The molecule has 2 rings (SSSR count). The number of morpholine rings is 1. The lowest BCUT2D eigenvalue weighted by molar-refractivity contribution is -0.125. The zero-order valence-electron chi connectivity index (χ0n) is 14.5. The lowest BCUT2D eigenvalue weighted by Gasteiger charge is -2.31. The van der Waals surface area contributed by atoms with Crippen LogP contribution in [-0.4, -0.2) is 50.3 Å². The number of benzene rings is 1. The second kappa shape index (κ2) is 8.31. The maximum Gasteiger partial charge on any atom is 0.234 e. The van der Waals surface area contributed by atoms with Gasteiger partial charge >= 0.3 is 0 Å². The molecular weight excluding hydrogens is 292 g/mol. The Kier molecular flexibility index (Phi) is 6.42. The van der Waals surface area contributed by atoms with Gasteiger partial charge in [-0.25, -0.2) is 0 Å². The van der Waals surface area contributed by atoms with Crippen molar-refractivity contribution in [1.82, 2.24) is 10.2 Å². The molecule has 1 aromatic carbocycles. The fourth-order valence-electron chi connectivity index (χ4n) is 2.90. The smallest absolute Gasteiger partial charge is 0.234 e. The molecule has 0 bridgehead atoms. The number of rotatable bonds is 6. The SMILES string of the molecule is COc1ccc(C(NC(=O)CN2CCOC(C)C2)C(C)C)cc1. The first-order valence-electron chi connectivity index (χ1n) is 8.27. The van der Waals surface area contributed by atoms with Crippen molar-refractivity contribution in [2.24, 2.45) is 5.92 Å². The highest BCUT2D eigenvalue weighted by Gasteiger charge is 2.22. The van der Waals surface area contributed by atoms with Crippen molar-refractivity contribution in [1.29, 1.82) is 0 Å². The molecule has 2 unspecified atom stereocenters. The molecule has 1 aliphatic rings. The minimum atomic E-state index is 0.00636. The Labute approximate surface area is 139 Å². The number of methoxy groups -OCH3 is 1. The van der Waals surface area contributed by atoms with Gasteiger partial charge in [0.05, 0.1) is 32.4 Å². The van der Waals surface area contributed by atoms with Gasteiger partial charge < -0.3 is 14.8 Å². The molecule has 1 fully saturated rings. The third-order valence-corrected chi connectivity index (χ3v) is 4.15. The van der Waals surface area contributed by atoms with Gasteiger partial charge in [-0.05, 0) is 30.5 Å². The van der Waals surface area contributed by atoms with Gasteiger partial charge in [-0.3, -0.25) is 9.69 Å². The molecular formula is C18H28N2O3. The van der Waals surface area contributed by atoms with Crippen LogP contribution >= 0.6 is 0 Å². The highest BCUT2D eigenvalue weighted by atomic mass is 16.5. The van der Waals surface area contributed by atoms with E-state index in [1.54, 1.807) is 7.11 Å². The fraction of sp³-hybridized carbons (Fsp3) is 0.611. The topological polar surface area (TPSA) is 50.8 Å². The first kappa shape index (κ1) is 17.8. The van der Waals surface area contributed by atoms with Crippen molar-refractivity contribution in [2.45, 2.75) is 32.9 Å². The molecule has 5 nitrogen and oxygen atoms in total. The number of amides is 1. The molecule has 1 aromatic rings. The van der Waals surface area contributed by atoms with Gasteiger partial charge in [-0.15, -0.1) is 0 Å². The van der Waals surface area contributed by atoms with Crippen LogP contribution in [0.15, 0.2) is 24.3 Å². The Morgan fingerprint density at radius 3 is 2.65 bits per heavy atom. The average Bonchev–Trinajstić information content (AvgIpc) is 2.52. The lowest BCUT2D eigenvalue weighted by atomic mass is 9.96. The summed E-state index contributed by atoms with van der Waals surface area (Å²) >= 11 is 0. The van der Waals surface area contributed by atoms with Crippen LogP contribution in [0, 0.1) is 5.92 Å². The van der Waals surface area contributed by atoms with Crippen molar-refractivity contribution in [3.05, 3.63) is 29.8 Å². The molecule has 1 aliphatic heterocycles. The molecule has 1 amide bonds. The van der Waals surface area contributed by atoms with E-state index in [-0.39, 0.29) is 18.1 Å². The first-order chi connectivity index (χ1) is 11.0. The molecule has 0 spiro atoms. The second-order valence-corrected chi connectivity index (χ2v) is 6.48. The zero-order valence-corrected chi connectivity index (χ0v) is 14.5. The number of hydrogen-bond donors (Lipinski definition) is 1. The van der Waals surface area contributed by atoms with Gasteiger partial charge in [0.1, 0.15) is 5.75 Å². The van der Waals surface area contributed by atoms with Crippen LogP contribution < -0.4 is 10.1 Å². The lowest BCUT2D eigenvalue weighted by Crippen LogP contribution is -2.47. The Hall–Kier alpha value is -1.59. The molecule has 0 aliphatic carbocycles. The third kappa shape index (κ3) is 5.22. The summed E-state index contributed by atoms with van der Waals surface area (Å²) in [5, 5.41) is 3.17. The standard InChI is InChI=1S/C18H28N2O3/c1-13(2)18(15-5-7-16(22-4)8-6-15)19-17(21)12-20-9-10-23-14(3)11-20/h5-8,13-14,18H,9-12H2,1-4H3,(H,19,21). The van der Waals surface area contributed by atoms with E-state index in [1.165, 1.54) is 0 Å². The summed E-state index contributed by atoms with van der Waals surface area (Å²) in [5.74, 6) is 1.20. The van der Waals surface area contributed by atoms with Crippen LogP contribution in [-0.2, 0) is 9.53 Å². The average molecular weight is 320 g/mol. The maximum absolute atomic E-state index is 12.4. The summed E-state index contributed by atoms with van der Waals surface area (Å²) in [4.78, 5) is 14.6. The summed E-state index contributed by atoms with van der Waals surface area (Å²) in [7, 11) is 1.65. The van der Waals surface area contributed by atoms with Crippen LogP contribution in [0.3, 0.4) is 0 Å². The second-order valence-electron chi connectivity index (χ2n) is 6.48. The van der Waals surface area contributed by atoms with Crippen molar-refractivity contribution < 1.29 is 14.3 Å². The molecule has 1 heterocycles. The van der Waals surface area contributed by atoms with Crippen LogP contribution in [0.5, 0.6) is 5.75 Å². The zero-order chi connectivity index (χ0) is 16.8.